The predicted octanol–water partition coefficient (Wildman–Crippen LogP) is 3.29. The lowest BCUT2D eigenvalue weighted by molar-refractivity contribution is -0.118. The number of aryl methyl sites for hydroxylation is 1. The number of halogens is 1. The first-order valence-corrected chi connectivity index (χ1v) is 5.79. The van der Waals surface area contributed by atoms with Crippen molar-refractivity contribution < 1.29 is 4.79 Å². The normalized spacial score (nSPS) is 16.4. The molecule has 2 nitrogen and oxygen atoms in total. The van der Waals surface area contributed by atoms with Crippen molar-refractivity contribution in [1.29, 1.82) is 0 Å². The Balaban J connectivity index is 2.34. The first-order chi connectivity index (χ1) is 7.16. The molecule has 0 unspecified atom stereocenters. The third-order valence-electron chi connectivity index (χ3n) is 2.60. The molecule has 1 aromatic rings. The number of allylic oxidation sites excluding steroid dienone is 2. The van der Waals surface area contributed by atoms with Gasteiger partial charge in [0.15, 0.2) is 0 Å². The zero-order chi connectivity index (χ0) is 10.8. The SMILES string of the molecule is Cc1cc(Br)cnc1C1=CCC(=O)CC1. The van der Waals surface area contributed by atoms with Gasteiger partial charge >= 0.3 is 0 Å². The fourth-order valence-corrected chi connectivity index (χ4v) is 2.25. The van der Waals surface area contributed by atoms with Crippen LogP contribution in [0.1, 0.15) is 30.5 Å². The highest BCUT2D eigenvalue weighted by molar-refractivity contribution is 9.10. The summed E-state index contributed by atoms with van der Waals surface area (Å²) >= 11 is 3.39. The third kappa shape index (κ3) is 2.34. The van der Waals surface area contributed by atoms with Gasteiger partial charge in [-0.15, -0.1) is 0 Å². The molecule has 3 heteroatoms. The number of nitrogens with zero attached hydrogens (tertiary/aromatic N) is 1. The van der Waals surface area contributed by atoms with Gasteiger partial charge in [0, 0.05) is 23.5 Å². The first-order valence-electron chi connectivity index (χ1n) is 5.00. The summed E-state index contributed by atoms with van der Waals surface area (Å²) in [5.41, 5.74) is 3.40. The molecule has 1 aromatic heterocycles. The van der Waals surface area contributed by atoms with E-state index in [1.807, 2.05) is 13.0 Å². The van der Waals surface area contributed by atoms with Crippen molar-refractivity contribution >= 4 is 27.3 Å². The molecule has 0 atom stereocenters. The lowest BCUT2D eigenvalue weighted by Gasteiger charge is -2.13. The number of hydrogen-bond acceptors (Lipinski definition) is 2. The number of carbonyl (C=O) groups is 1. The van der Waals surface area contributed by atoms with E-state index in [0.717, 1.165) is 22.2 Å². The lowest BCUT2D eigenvalue weighted by atomic mass is 9.94. The molecule has 0 saturated carbocycles. The van der Waals surface area contributed by atoms with Gasteiger partial charge in [-0.05, 0) is 46.5 Å². The second kappa shape index (κ2) is 4.27. The summed E-state index contributed by atoms with van der Waals surface area (Å²) in [6.07, 6.45) is 5.86. The van der Waals surface area contributed by atoms with Crippen molar-refractivity contribution in [1.82, 2.24) is 4.98 Å². The molecule has 0 N–H and O–H groups in total. The molecule has 0 fully saturated rings. The van der Waals surface area contributed by atoms with E-state index in [9.17, 15) is 4.79 Å². The van der Waals surface area contributed by atoms with Crippen molar-refractivity contribution in [3.8, 4) is 0 Å². The van der Waals surface area contributed by atoms with Crippen LogP contribution < -0.4 is 0 Å². The highest BCUT2D eigenvalue weighted by Crippen LogP contribution is 2.27. The van der Waals surface area contributed by atoms with Gasteiger partial charge in [0.1, 0.15) is 5.78 Å². The molecule has 1 aliphatic carbocycles. The zero-order valence-corrected chi connectivity index (χ0v) is 10.2. The second-order valence-electron chi connectivity index (χ2n) is 3.79. The minimum absolute atomic E-state index is 0.327. The highest BCUT2D eigenvalue weighted by Gasteiger charge is 2.14. The molecule has 0 amide bonds. The molecule has 0 aliphatic heterocycles. The van der Waals surface area contributed by atoms with Gasteiger partial charge in [-0.2, -0.15) is 0 Å². The summed E-state index contributed by atoms with van der Waals surface area (Å²) < 4.78 is 0.997. The van der Waals surface area contributed by atoms with E-state index in [2.05, 4.69) is 27.0 Å². The Kier molecular flexibility index (Phi) is 3.00. The molecule has 0 bridgehead atoms. The van der Waals surface area contributed by atoms with Crippen molar-refractivity contribution in [2.45, 2.75) is 26.2 Å². The van der Waals surface area contributed by atoms with Crippen LogP contribution >= 0.6 is 15.9 Å². The number of hydrogen-bond donors (Lipinski definition) is 0. The Morgan fingerprint density at radius 2 is 2.20 bits per heavy atom. The quantitative estimate of drug-likeness (QED) is 0.780. The molecule has 0 spiro atoms. The average molecular weight is 266 g/mol. The molecular weight excluding hydrogens is 254 g/mol. The maximum Gasteiger partial charge on any atom is 0.137 e. The van der Waals surface area contributed by atoms with E-state index >= 15 is 0 Å². The van der Waals surface area contributed by atoms with E-state index in [4.69, 9.17) is 0 Å². The maximum atomic E-state index is 11.1. The van der Waals surface area contributed by atoms with Crippen molar-refractivity contribution in [2.75, 3.05) is 0 Å². The van der Waals surface area contributed by atoms with Gasteiger partial charge in [-0.1, -0.05) is 6.08 Å². The van der Waals surface area contributed by atoms with Crippen LogP contribution in [0.4, 0.5) is 0 Å². The summed E-state index contributed by atoms with van der Waals surface area (Å²) in [4.78, 5) is 15.5. The van der Waals surface area contributed by atoms with E-state index in [1.165, 1.54) is 5.57 Å². The average Bonchev–Trinajstić information content (AvgIpc) is 2.20. The number of carbonyl (C=O) groups excluding carboxylic acids is 1. The summed E-state index contributed by atoms with van der Waals surface area (Å²) in [5.74, 6) is 0.327. The first kappa shape index (κ1) is 10.6. The van der Waals surface area contributed by atoms with Gasteiger partial charge in [-0.3, -0.25) is 9.78 Å². The third-order valence-corrected chi connectivity index (χ3v) is 3.03. The molecule has 0 saturated heterocycles. The summed E-state index contributed by atoms with van der Waals surface area (Å²) in [6, 6.07) is 2.06. The van der Waals surface area contributed by atoms with Gasteiger partial charge in [0.05, 0.1) is 5.69 Å². The standard InChI is InChI=1S/C12H12BrNO/c1-8-6-10(13)7-14-12(8)9-2-4-11(15)5-3-9/h2,6-7H,3-5H2,1H3. The minimum Gasteiger partial charge on any atom is -0.299 e. The Hall–Kier alpha value is -0.960. The van der Waals surface area contributed by atoms with E-state index in [1.54, 1.807) is 6.20 Å². The van der Waals surface area contributed by atoms with E-state index in [0.29, 0.717) is 18.6 Å². The van der Waals surface area contributed by atoms with Gasteiger partial charge in [0.2, 0.25) is 0 Å². The van der Waals surface area contributed by atoms with Crippen LogP contribution in [0.15, 0.2) is 22.8 Å². The summed E-state index contributed by atoms with van der Waals surface area (Å²) in [7, 11) is 0. The van der Waals surface area contributed by atoms with E-state index in [-0.39, 0.29) is 0 Å². The van der Waals surface area contributed by atoms with Crippen LogP contribution in [0, 0.1) is 6.92 Å². The predicted molar refractivity (Wildman–Crippen MR) is 63.5 cm³/mol. The smallest absolute Gasteiger partial charge is 0.137 e. The molecule has 2 rings (SSSR count). The minimum atomic E-state index is 0.327. The summed E-state index contributed by atoms with van der Waals surface area (Å²) in [6.45, 7) is 2.05. The fraction of sp³-hybridized carbons (Fsp3) is 0.333. The Labute approximate surface area is 97.5 Å². The van der Waals surface area contributed by atoms with Crippen LogP contribution in [0.2, 0.25) is 0 Å². The van der Waals surface area contributed by atoms with Gasteiger partial charge < -0.3 is 0 Å². The van der Waals surface area contributed by atoms with Crippen LogP contribution in [0.25, 0.3) is 5.57 Å². The molecule has 1 heterocycles. The molecular formula is C12H12BrNO. The van der Waals surface area contributed by atoms with Crippen LogP contribution in [0.5, 0.6) is 0 Å². The number of rotatable bonds is 1. The fourth-order valence-electron chi connectivity index (χ4n) is 1.81. The topological polar surface area (TPSA) is 30.0 Å². The van der Waals surface area contributed by atoms with Crippen molar-refractivity contribution in [3.05, 3.63) is 34.1 Å². The number of ketones is 1. The number of aromatic nitrogens is 1. The highest BCUT2D eigenvalue weighted by atomic mass is 79.9. The number of pyridine rings is 1. The molecule has 0 aromatic carbocycles. The van der Waals surface area contributed by atoms with Crippen molar-refractivity contribution in [3.63, 3.8) is 0 Å². The van der Waals surface area contributed by atoms with Crippen LogP contribution in [0.3, 0.4) is 0 Å². The molecule has 15 heavy (non-hydrogen) atoms. The largest absolute Gasteiger partial charge is 0.299 e. The number of Topliss-reactive ketones (excluding diaryl/α,β-unsaturated/α-hetero) is 1. The second-order valence-corrected chi connectivity index (χ2v) is 4.71. The Morgan fingerprint density at radius 1 is 1.40 bits per heavy atom. The molecule has 78 valence electrons. The Morgan fingerprint density at radius 3 is 2.80 bits per heavy atom. The monoisotopic (exact) mass is 265 g/mol. The lowest BCUT2D eigenvalue weighted by Crippen LogP contribution is -2.05. The van der Waals surface area contributed by atoms with Crippen LogP contribution in [-0.4, -0.2) is 10.8 Å². The van der Waals surface area contributed by atoms with Crippen molar-refractivity contribution in [2.24, 2.45) is 0 Å². The zero-order valence-electron chi connectivity index (χ0n) is 8.59. The van der Waals surface area contributed by atoms with Gasteiger partial charge in [-0.25, -0.2) is 0 Å². The van der Waals surface area contributed by atoms with E-state index < -0.39 is 0 Å². The molecule has 0 radical (unpaired) electrons. The van der Waals surface area contributed by atoms with Gasteiger partial charge in [0.25, 0.3) is 0 Å². The maximum absolute atomic E-state index is 11.1. The Bertz CT molecular complexity index is 437. The van der Waals surface area contributed by atoms with Crippen LogP contribution in [-0.2, 0) is 4.79 Å². The molecule has 1 aliphatic rings. The summed E-state index contributed by atoms with van der Waals surface area (Å²) in [5, 5.41) is 0.